The van der Waals surface area contributed by atoms with Crippen LogP contribution in [0.1, 0.15) is 27.0 Å². The third kappa shape index (κ3) is 5.24. The first-order valence-corrected chi connectivity index (χ1v) is 10.4. The number of aryl methyl sites for hydroxylation is 1. The molecule has 5 heteroatoms. The monoisotopic (exact) mass is 409 g/mol. The number of benzene rings is 3. The highest BCUT2D eigenvalue weighted by atomic mass is 35.5. The molecule has 0 atom stereocenters. The maximum atomic E-state index is 12.8. The van der Waals surface area contributed by atoms with Gasteiger partial charge in [-0.15, -0.1) is 11.8 Å². The summed E-state index contributed by atoms with van der Waals surface area (Å²) in [6.45, 7) is 2.06. The first kappa shape index (κ1) is 20.2. The van der Waals surface area contributed by atoms with E-state index in [1.54, 1.807) is 42.5 Å². The zero-order chi connectivity index (χ0) is 19.9. The highest BCUT2D eigenvalue weighted by Gasteiger charge is 2.16. The Balaban J connectivity index is 1.67. The standard InChI is InChI=1S/C23H20ClNO2S/c1-16-7-5-6-10-18(16)14-28-15-22(26)25-21-12-11-19(24)13-20(21)23(27)17-8-3-2-4-9-17/h2-13H,14-15H2,1H3,(H,25,26). The Morgan fingerprint density at radius 2 is 1.68 bits per heavy atom. The molecule has 0 aliphatic heterocycles. The SMILES string of the molecule is Cc1ccccc1CSCC(=O)Nc1ccc(Cl)cc1C(=O)c1ccccc1. The second-order valence-electron chi connectivity index (χ2n) is 6.35. The minimum atomic E-state index is -0.175. The van der Waals surface area contributed by atoms with E-state index in [0.29, 0.717) is 27.6 Å². The average molecular weight is 410 g/mol. The van der Waals surface area contributed by atoms with Crippen molar-refractivity contribution in [3.05, 3.63) is 100 Å². The highest BCUT2D eigenvalue weighted by Crippen LogP contribution is 2.24. The molecule has 3 aromatic carbocycles. The van der Waals surface area contributed by atoms with Gasteiger partial charge >= 0.3 is 0 Å². The molecule has 0 bridgehead atoms. The summed E-state index contributed by atoms with van der Waals surface area (Å²) in [5.41, 5.74) is 3.83. The maximum Gasteiger partial charge on any atom is 0.234 e. The van der Waals surface area contributed by atoms with Crippen LogP contribution in [0.5, 0.6) is 0 Å². The molecule has 3 nitrogen and oxygen atoms in total. The lowest BCUT2D eigenvalue weighted by Gasteiger charge is -2.11. The van der Waals surface area contributed by atoms with Gasteiger partial charge in [0.15, 0.2) is 5.78 Å². The molecule has 0 heterocycles. The third-order valence-electron chi connectivity index (χ3n) is 4.29. The van der Waals surface area contributed by atoms with Crippen LogP contribution in [0.25, 0.3) is 0 Å². The molecule has 1 amide bonds. The van der Waals surface area contributed by atoms with Crippen molar-refractivity contribution in [3.63, 3.8) is 0 Å². The van der Waals surface area contributed by atoms with E-state index in [0.717, 1.165) is 5.75 Å². The first-order chi connectivity index (χ1) is 13.5. The molecule has 0 aliphatic carbocycles. The number of hydrogen-bond donors (Lipinski definition) is 1. The number of amides is 1. The van der Waals surface area contributed by atoms with Crippen molar-refractivity contribution in [3.8, 4) is 0 Å². The quantitative estimate of drug-likeness (QED) is 0.505. The number of anilines is 1. The normalized spacial score (nSPS) is 10.5. The van der Waals surface area contributed by atoms with Gasteiger partial charge in [0.05, 0.1) is 11.4 Å². The van der Waals surface area contributed by atoms with Gasteiger partial charge in [-0.05, 0) is 36.2 Å². The summed E-state index contributed by atoms with van der Waals surface area (Å²) in [7, 11) is 0. The summed E-state index contributed by atoms with van der Waals surface area (Å²) in [5.74, 6) is 0.737. The van der Waals surface area contributed by atoms with Gasteiger partial charge in [0.25, 0.3) is 0 Å². The van der Waals surface area contributed by atoms with Gasteiger partial charge in [-0.2, -0.15) is 0 Å². The summed E-state index contributed by atoms with van der Waals surface area (Å²) in [5, 5.41) is 3.30. The number of hydrogen-bond acceptors (Lipinski definition) is 3. The Morgan fingerprint density at radius 3 is 2.43 bits per heavy atom. The highest BCUT2D eigenvalue weighted by molar-refractivity contribution is 7.99. The molecule has 0 aliphatic rings. The van der Waals surface area contributed by atoms with E-state index in [2.05, 4.69) is 24.4 Å². The Hall–Kier alpha value is -2.56. The molecule has 3 aromatic rings. The predicted molar refractivity (Wildman–Crippen MR) is 117 cm³/mol. The van der Waals surface area contributed by atoms with Crippen LogP contribution >= 0.6 is 23.4 Å². The molecule has 0 spiro atoms. The molecule has 0 saturated carbocycles. The lowest BCUT2D eigenvalue weighted by atomic mass is 10.0. The number of halogens is 1. The van der Waals surface area contributed by atoms with Crippen molar-refractivity contribution in [1.29, 1.82) is 0 Å². The lowest BCUT2D eigenvalue weighted by Crippen LogP contribution is -2.17. The van der Waals surface area contributed by atoms with Gasteiger partial charge in [0.1, 0.15) is 0 Å². The summed E-state index contributed by atoms with van der Waals surface area (Å²) >= 11 is 7.62. The predicted octanol–water partition coefficient (Wildman–Crippen LogP) is 5.75. The van der Waals surface area contributed by atoms with E-state index in [1.165, 1.54) is 22.9 Å². The fraction of sp³-hybridized carbons (Fsp3) is 0.130. The van der Waals surface area contributed by atoms with Gasteiger partial charge < -0.3 is 5.32 Å². The number of rotatable bonds is 7. The fourth-order valence-corrected chi connectivity index (χ4v) is 3.85. The molecule has 0 saturated heterocycles. The number of nitrogens with one attached hydrogen (secondary N) is 1. The van der Waals surface area contributed by atoms with Gasteiger partial charge in [-0.25, -0.2) is 0 Å². The molecule has 0 unspecified atom stereocenters. The Morgan fingerprint density at radius 1 is 0.964 bits per heavy atom. The van der Waals surface area contributed by atoms with Gasteiger partial charge in [-0.1, -0.05) is 66.2 Å². The molecular formula is C23H20ClNO2S. The second-order valence-corrected chi connectivity index (χ2v) is 7.77. The van der Waals surface area contributed by atoms with Crippen LogP contribution in [0.3, 0.4) is 0 Å². The zero-order valence-electron chi connectivity index (χ0n) is 15.4. The van der Waals surface area contributed by atoms with Gasteiger partial charge in [0.2, 0.25) is 5.91 Å². The Bertz CT molecular complexity index is 989. The van der Waals surface area contributed by atoms with Crippen molar-refractivity contribution in [2.75, 3.05) is 11.1 Å². The minimum Gasteiger partial charge on any atom is -0.325 e. The van der Waals surface area contributed by atoms with Crippen LogP contribution < -0.4 is 5.32 Å². The number of carbonyl (C=O) groups is 2. The summed E-state index contributed by atoms with van der Waals surface area (Å²) in [4.78, 5) is 25.2. The Labute approximate surface area is 174 Å². The molecule has 0 radical (unpaired) electrons. The van der Waals surface area contributed by atoms with Crippen molar-refractivity contribution >= 4 is 40.7 Å². The topological polar surface area (TPSA) is 46.2 Å². The summed E-state index contributed by atoms with van der Waals surface area (Å²) in [6.07, 6.45) is 0. The van der Waals surface area contributed by atoms with E-state index in [1.807, 2.05) is 18.2 Å². The van der Waals surface area contributed by atoms with Crippen molar-refractivity contribution < 1.29 is 9.59 Å². The Kier molecular flexibility index (Phi) is 6.90. The lowest BCUT2D eigenvalue weighted by molar-refractivity contribution is -0.113. The smallest absolute Gasteiger partial charge is 0.234 e. The van der Waals surface area contributed by atoms with Crippen molar-refractivity contribution in [2.24, 2.45) is 0 Å². The van der Waals surface area contributed by atoms with E-state index >= 15 is 0 Å². The molecule has 28 heavy (non-hydrogen) atoms. The van der Waals surface area contributed by atoms with Crippen LogP contribution in [0.15, 0.2) is 72.8 Å². The van der Waals surface area contributed by atoms with Crippen molar-refractivity contribution in [2.45, 2.75) is 12.7 Å². The van der Waals surface area contributed by atoms with E-state index in [9.17, 15) is 9.59 Å². The van der Waals surface area contributed by atoms with Crippen LogP contribution in [-0.2, 0) is 10.5 Å². The van der Waals surface area contributed by atoms with E-state index < -0.39 is 0 Å². The number of ketones is 1. The summed E-state index contributed by atoms with van der Waals surface area (Å²) in [6, 6.07) is 22.0. The van der Waals surface area contributed by atoms with E-state index in [-0.39, 0.29) is 11.7 Å². The van der Waals surface area contributed by atoms with Gasteiger partial charge in [0, 0.05) is 21.9 Å². The molecule has 0 aromatic heterocycles. The molecular weight excluding hydrogens is 390 g/mol. The zero-order valence-corrected chi connectivity index (χ0v) is 17.0. The number of thioether (sulfide) groups is 1. The summed E-state index contributed by atoms with van der Waals surface area (Å²) < 4.78 is 0. The second kappa shape index (κ2) is 9.58. The molecule has 142 valence electrons. The third-order valence-corrected chi connectivity index (χ3v) is 5.50. The average Bonchev–Trinajstić information content (AvgIpc) is 2.71. The molecule has 3 rings (SSSR count). The van der Waals surface area contributed by atoms with Crippen LogP contribution in [0.4, 0.5) is 5.69 Å². The first-order valence-electron chi connectivity index (χ1n) is 8.86. The minimum absolute atomic E-state index is 0.150. The largest absolute Gasteiger partial charge is 0.325 e. The fourth-order valence-electron chi connectivity index (χ4n) is 2.77. The number of carbonyl (C=O) groups excluding carboxylic acids is 2. The van der Waals surface area contributed by atoms with Gasteiger partial charge in [-0.3, -0.25) is 9.59 Å². The van der Waals surface area contributed by atoms with Crippen LogP contribution in [-0.4, -0.2) is 17.4 Å². The van der Waals surface area contributed by atoms with Crippen molar-refractivity contribution in [1.82, 2.24) is 0 Å². The maximum absolute atomic E-state index is 12.8. The molecule has 0 fully saturated rings. The van der Waals surface area contributed by atoms with Crippen LogP contribution in [0, 0.1) is 6.92 Å². The molecule has 1 N–H and O–H groups in total. The van der Waals surface area contributed by atoms with Crippen LogP contribution in [0.2, 0.25) is 5.02 Å². The van der Waals surface area contributed by atoms with E-state index in [4.69, 9.17) is 11.6 Å².